The largest absolute Gasteiger partial charge is 0.334 e. The highest BCUT2D eigenvalue weighted by atomic mass is 35.5. The average Bonchev–Trinajstić information content (AvgIpc) is 2.37. The Bertz CT molecular complexity index is 391. The number of halogens is 1. The summed E-state index contributed by atoms with van der Waals surface area (Å²) < 4.78 is 0. The molecule has 2 N–H and O–H groups in total. The number of hydrogen-bond donors (Lipinski definition) is 2. The number of rotatable bonds is 2. The highest BCUT2D eigenvalue weighted by Crippen LogP contribution is 2.10. The highest BCUT2D eigenvalue weighted by molar-refractivity contribution is 6.30. The van der Waals surface area contributed by atoms with Crippen molar-refractivity contribution in [2.24, 2.45) is 0 Å². The number of nitrogens with one attached hydrogen (secondary N) is 2. The number of carbonyl (C=O) groups excluding carboxylic acids is 1. The fourth-order valence-electron chi connectivity index (χ4n) is 1.80. The monoisotopic (exact) mass is 253 g/mol. The van der Waals surface area contributed by atoms with E-state index in [1.807, 2.05) is 29.2 Å². The molecule has 1 saturated heterocycles. The van der Waals surface area contributed by atoms with Gasteiger partial charge in [-0.25, -0.2) is 4.79 Å². The van der Waals surface area contributed by atoms with Crippen LogP contribution in [0.5, 0.6) is 0 Å². The second-order valence-corrected chi connectivity index (χ2v) is 4.46. The van der Waals surface area contributed by atoms with E-state index in [0.29, 0.717) is 11.6 Å². The summed E-state index contributed by atoms with van der Waals surface area (Å²) in [6, 6.07) is 7.51. The number of benzene rings is 1. The van der Waals surface area contributed by atoms with Gasteiger partial charge in [-0.1, -0.05) is 23.7 Å². The molecule has 1 fully saturated rings. The number of piperazine rings is 1. The van der Waals surface area contributed by atoms with Gasteiger partial charge in [0.05, 0.1) is 0 Å². The molecule has 0 atom stereocenters. The average molecular weight is 254 g/mol. The Morgan fingerprint density at radius 1 is 1.41 bits per heavy atom. The van der Waals surface area contributed by atoms with Crippen LogP contribution in [0, 0.1) is 0 Å². The second kappa shape index (κ2) is 5.89. The molecule has 2 rings (SSSR count). The molecular weight excluding hydrogens is 238 g/mol. The van der Waals surface area contributed by atoms with Crippen LogP contribution in [0.15, 0.2) is 24.3 Å². The Hall–Kier alpha value is -1.26. The van der Waals surface area contributed by atoms with Crippen LogP contribution in [-0.4, -0.2) is 37.1 Å². The SMILES string of the molecule is O=C(NCc1cccc(Cl)c1)N1CCNCC1. The van der Waals surface area contributed by atoms with Crippen LogP contribution in [0.3, 0.4) is 0 Å². The minimum absolute atomic E-state index is 0.00789. The number of nitrogens with zero attached hydrogens (tertiary/aromatic N) is 1. The van der Waals surface area contributed by atoms with Gasteiger partial charge in [0.2, 0.25) is 0 Å². The van der Waals surface area contributed by atoms with Crippen molar-refractivity contribution in [1.82, 2.24) is 15.5 Å². The van der Waals surface area contributed by atoms with Crippen LogP contribution in [0.4, 0.5) is 4.79 Å². The van der Waals surface area contributed by atoms with Gasteiger partial charge in [0.15, 0.2) is 0 Å². The summed E-state index contributed by atoms with van der Waals surface area (Å²) >= 11 is 5.88. The maximum atomic E-state index is 11.8. The van der Waals surface area contributed by atoms with Gasteiger partial charge < -0.3 is 15.5 Å². The van der Waals surface area contributed by atoms with Crippen LogP contribution < -0.4 is 10.6 Å². The van der Waals surface area contributed by atoms with E-state index in [1.165, 1.54) is 0 Å². The number of amides is 2. The predicted octanol–water partition coefficient (Wildman–Crippen LogP) is 1.45. The van der Waals surface area contributed by atoms with Crippen LogP contribution in [0.25, 0.3) is 0 Å². The molecule has 0 spiro atoms. The summed E-state index contributed by atoms with van der Waals surface area (Å²) in [4.78, 5) is 13.6. The van der Waals surface area contributed by atoms with E-state index in [4.69, 9.17) is 11.6 Å². The van der Waals surface area contributed by atoms with Gasteiger partial charge in [0.25, 0.3) is 0 Å². The van der Waals surface area contributed by atoms with Gasteiger partial charge in [0, 0.05) is 37.7 Å². The molecule has 0 aliphatic carbocycles. The fraction of sp³-hybridized carbons (Fsp3) is 0.417. The molecule has 0 unspecified atom stereocenters. The number of urea groups is 1. The summed E-state index contributed by atoms with van der Waals surface area (Å²) in [6.07, 6.45) is 0. The molecule has 1 aromatic carbocycles. The van der Waals surface area contributed by atoms with E-state index < -0.39 is 0 Å². The number of hydrogen-bond acceptors (Lipinski definition) is 2. The summed E-state index contributed by atoms with van der Waals surface area (Å²) in [5, 5.41) is 6.80. The standard InChI is InChI=1S/C12H16ClN3O/c13-11-3-1-2-10(8-11)9-15-12(17)16-6-4-14-5-7-16/h1-3,8,14H,4-7,9H2,(H,15,17). The molecule has 17 heavy (non-hydrogen) atoms. The Labute approximate surface area is 106 Å². The van der Waals surface area contributed by atoms with Crippen molar-refractivity contribution < 1.29 is 4.79 Å². The van der Waals surface area contributed by atoms with E-state index in [2.05, 4.69) is 10.6 Å². The van der Waals surface area contributed by atoms with E-state index >= 15 is 0 Å². The molecule has 0 saturated carbocycles. The second-order valence-electron chi connectivity index (χ2n) is 4.03. The lowest BCUT2D eigenvalue weighted by Crippen LogP contribution is -2.50. The highest BCUT2D eigenvalue weighted by Gasteiger charge is 2.15. The Morgan fingerprint density at radius 2 is 2.18 bits per heavy atom. The van der Waals surface area contributed by atoms with Gasteiger partial charge in [-0.05, 0) is 17.7 Å². The minimum Gasteiger partial charge on any atom is -0.334 e. The molecule has 0 bridgehead atoms. The first-order valence-electron chi connectivity index (χ1n) is 5.73. The van der Waals surface area contributed by atoms with Crippen LogP contribution in [0.1, 0.15) is 5.56 Å². The van der Waals surface area contributed by atoms with E-state index in [-0.39, 0.29) is 6.03 Å². The first-order valence-corrected chi connectivity index (χ1v) is 6.11. The summed E-state index contributed by atoms with van der Waals surface area (Å²) in [5.41, 5.74) is 1.01. The van der Waals surface area contributed by atoms with Gasteiger partial charge in [-0.3, -0.25) is 0 Å². The van der Waals surface area contributed by atoms with E-state index in [9.17, 15) is 4.79 Å². The predicted molar refractivity (Wildman–Crippen MR) is 68.1 cm³/mol. The van der Waals surface area contributed by atoms with Crippen molar-refractivity contribution in [2.75, 3.05) is 26.2 Å². The zero-order valence-electron chi connectivity index (χ0n) is 9.58. The topological polar surface area (TPSA) is 44.4 Å². The molecule has 1 aromatic rings. The van der Waals surface area contributed by atoms with Crippen LogP contribution in [-0.2, 0) is 6.54 Å². The van der Waals surface area contributed by atoms with Gasteiger partial charge >= 0.3 is 6.03 Å². The molecule has 0 aromatic heterocycles. The van der Waals surface area contributed by atoms with E-state index in [0.717, 1.165) is 31.7 Å². The van der Waals surface area contributed by atoms with Crippen molar-refractivity contribution in [3.63, 3.8) is 0 Å². The van der Waals surface area contributed by atoms with Gasteiger partial charge in [-0.15, -0.1) is 0 Å². The van der Waals surface area contributed by atoms with Crippen LogP contribution >= 0.6 is 11.6 Å². The lowest BCUT2D eigenvalue weighted by molar-refractivity contribution is 0.190. The maximum Gasteiger partial charge on any atom is 0.317 e. The van der Waals surface area contributed by atoms with E-state index in [1.54, 1.807) is 0 Å². The molecule has 4 nitrogen and oxygen atoms in total. The lowest BCUT2D eigenvalue weighted by Gasteiger charge is -2.27. The molecule has 0 radical (unpaired) electrons. The Balaban J connectivity index is 1.83. The van der Waals surface area contributed by atoms with Crippen molar-refractivity contribution in [3.8, 4) is 0 Å². The zero-order chi connectivity index (χ0) is 12.1. The van der Waals surface area contributed by atoms with Gasteiger partial charge in [-0.2, -0.15) is 0 Å². The van der Waals surface area contributed by atoms with Crippen molar-refractivity contribution in [3.05, 3.63) is 34.9 Å². The normalized spacial score (nSPS) is 15.7. The summed E-state index contributed by atoms with van der Waals surface area (Å²) in [5.74, 6) is 0. The Morgan fingerprint density at radius 3 is 2.88 bits per heavy atom. The molecule has 1 aliphatic rings. The fourth-order valence-corrected chi connectivity index (χ4v) is 2.02. The van der Waals surface area contributed by atoms with Gasteiger partial charge in [0.1, 0.15) is 0 Å². The molecular formula is C12H16ClN3O. The molecule has 5 heteroatoms. The summed E-state index contributed by atoms with van der Waals surface area (Å²) in [6.45, 7) is 3.78. The molecule has 1 heterocycles. The van der Waals surface area contributed by atoms with Crippen molar-refractivity contribution in [2.45, 2.75) is 6.54 Å². The first kappa shape index (κ1) is 12.2. The third-order valence-corrected chi connectivity index (χ3v) is 2.97. The number of carbonyl (C=O) groups is 1. The minimum atomic E-state index is -0.00789. The van der Waals surface area contributed by atoms with Crippen LogP contribution in [0.2, 0.25) is 5.02 Å². The molecule has 1 aliphatic heterocycles. The Kier molecular flexibility index (Phi) is 4.23. The zero-order valence-corrected chi connectivity index (χ0v) is 10.3. The quantitative estimate of drug-likeness (QED) is 0.838. The molecule has 2 amide bonds. The first-order chi connectivity index (χ1) is 8.25. The van der Waals surface area contributed by atoms with Crippen molar-refractivity contribution >= 4 is 17.6 Å². The lowest BCUT2D eigenvalue weighted by atomic mass is 10.2. The smallest absolute Gasteiger partial charge is 0.317 e. The summed E-state index contributed by atoms with van der Waals surface area (Å²) in [7, 11) is 0. The van der Waals surface area contributed by atoms with Crippen molar-refractivity contribution in [1.29, 1.82) is 0 Å². The third-order valence-electron chi connectivity index (χ3n) is 2.74. The maximum absolute atomic E-state index is 11.8. The molecule has 92 valence electrons. The third kappa shape index (κ3) is 3.61.